The summed E-state index contributed by atoms with van der Waals surface area (Å²) in [7, 11) is 1.92. The average molecular weight is 308 g/mol. The lowest BCUT2D eigenvalue weighted by atomic mass is 10.1. The van der Waals surface area contributed by atoms with Crippen LogP contribution in [0.25, 0.3) is 0 Å². The van der Waals surface area contributed by atoms with Crippen LogP contribution in [0, 0.1) is 11.8 Å². The Balaban J connectivity index is 2.10. The molecule has 2 rings (SSSR count). The number of primary amides is 1. The zero-order valence-electron chi connectivity index (χ0n) is 13.4. The minimum absolute atomic E-state index is 0.225. The van der Waals surface area contributed by atoms with Crippen molar-refractivity contribution >= 4 is 11.8 Å². The molecule has 1 aliphatic heterocycles. The molecule has 1 atom stereocenters. The first kappa shape index (κ1) is 16.5. The van der Waals surface area contributed by atoms with E-state index in [0.717, 1.165) is 12.1 Å². The molecule has 0 spiro atoms. The maximum atomic E-state index is 12.5. The molecule has 0 radical (unpaired) electrons. The van der Waals surface area contributed by atoms with Gasteiger partial charge >= 0.3 is 0 Å². The van der Waals surface area contributed by atoms with Crippen LogP contribution in [0.15, 0.2) is 10.6 Å². The van der Waals surface area contributed by atoms with Gasteiger partial charge in [-0.15, -0.1) is 0 Å². The summed E-state index contributed by atoms with van der Waals surface area (Å²) >= 11 is 0. The van der Waals surface area contributed by atoms with Crippen molar-refractivity contribution in [2.24, 2.45) is 17.6 Å². The molecular formula is C15H24N4O3. The molecule has 1 fully saturated rings. The maximum Gasteiger partial charge on any atom is 0.292 e. The molecule has 0 saturated carbocycles. The second kappa shape index (κ2) is 6.91. The van der Waals surface area contributed by atoms with Crippen molar-refractivity contribution in [2.45, 2.75) is 20.3 Å². The highest BCUT2D eigenvalue weighted by molar-refractivity contribution is 5.92. The Morgan fingerprint density at radius 3 is 2.77 bits per heavy atom. The Bertz CT molecular complexity index is 541. The van der Waals surface area contributed by atoms with Crippen molar-refractivity contribution in [1.82, 2.24) is 15.0 Å². The third-order valence-electron chi connectivity index (χ3n) is 3.80. The Kier molecular flexibility index (Phi) is 5.18. The minimum Gasteiger partial charge on any atom is -0.369 e. The molecule has 1 aliphatic rings. The predicted molar refractivity (Wildman–Crippen MR) is 81.1 cm³/mol. The van der Waals surface area contributed by atoms with Crippen LogP contribution < -0.4 is 5.73 Å². The normalized spacial score (nSPS) is 20.2. The molecular weight excluding hydrogens is 284 g/mol. The smallest absolute Gasteiger partial charge is 0.292 e. The van der Waals surface area contributed by atoms with Gasteiger partial charge in [-0.3, -0.25) is 9.59 Å². The van der Waals surface area contributed by atoms with Crippen molar-refractivity contribution in [2.75, 3.05) is 33.2 Å². The van der Waals surface area contributed by atoms with Gasteiger partial charge in [-0.25, -0.2) is 0 Å². The summed E-state index contributed by atoms with van der Waals surface area (Å²) in [6, 6.07) is 1.69. The molecule has 22 heavy (non-hydrogen) atoms. The SMILES string of the molecule is CC(C)Cc1cc(C(=O)N2CCN(C)C[C@@H](C(N)=O)C2)on1. The van der Waals surface area contributed by atoms with Crippen LogP contribution in [0.2, 0.25) is 0 Å². The fourth-order valence-electron chi connectivity index (χ4n) is 2.62. The van der Waals surface area contributed by atoms with Crippen molar-refractivity contribution in [3.8, 4) is 0 Å². The summed E-state index contributed by atoms with van der Waals surface area (Å²) in [4.78, 5) is 27.7. The molecule has 1 aromatic heterocycles. The summed E-state index contributed by atoms with van der Waals surface area (Å²) < 4.78 is 5.17. The van der Waals surface area contributed by atoms with Crippen LogP contribution in [-0.2, 0) is 11.2 Å². The standard InChI is InChI=1S/C15H24N4O3/c1-10(2)6-12-7-13(22-17-12)15(21)19-5-4-18(3)8-11(9-19)14(16)20/h7,10-11H,4-6,8-9H2,1-3H3,(H2,16,20)/t11-/m1/s1. The number of carbonyl (C=O) groups excluding carboxylic acids is 2. The van der Waals surface area contributed by atoms with Gasteiger partial charge in [-0.1, -0.05) is 19.0 Å². The van der Waals surface area contributed by atoms with E-state index >= 15 is 0 Å². The number of nitrogens with two attached hydrogens (primary N) is 1. The lowest BCUT2D eigenvalue weighted by Crippen LogP contribution is -2.40. The second-order valence-electron chi connectivity index (χ2n) is 6.39. The van der Waals surface area contributed by atoms with Gasteiger partial charge in [0.25, 0.3) is 5.91 Å². The predicted octanol–water partition coefficient (Wildman–Crippen LogP) is 0.362. The highest BCUT2D eigenvalue weighted by Gasteiger charge is 2.29. The summed E-state index contributed by atoms with van der Waals surface area (Å²) in [6.45, 7) is 6.28. The van der Waals surface area contributed by atoms with E-state index in [-0.39, 0.29) is 23.5 Å². The molecule has 0 unspecified atom stereocenters. The Morgan fingerprint density at radius 2 is 2.14 bits per heavy atom. The molecule has 2 N–H and O–H groups in total. The number of carbonyl (C=O) groups is 2. The zero-order valence-corrected chi connectivity index (χ0v) is 13.4. The fraction of sp³-hybridized carbons (Fsp3) is 0.667. The second-order valence-corrected chi connectivity index (χ2v) is 6.39. The van der Waals surface area contributed by atoms with E-state index in [0.29, 0.717) is 32.1 Å². The quantitative estimate of drug-likeness (QED) is 0.867. The van der Waals surface area contributed by atoms with Crippen molar-refractivity contribution in [1.29, 1.82) is 0 Å². The monoisotopic (exact) mass is 308 g/mol. The van der Waals surface area contributed by atoms with Gasteiger partial charge in [-0.05, 0) is 19.4 Å². The Hall–Kier alpha value is -1.89. The molecule has 0 bridgehead atoms. The van der Waals surface area contributed by atoms with E-state index in [9.17, 15) is 9.59 Å². The van der Waals surface area contributed by atoms with Crippen molar-refractivity contribution in [3.63, 3.8) is 0 Å². The van der Waals surface area contributed by atoms with Gasteiger partial charge in [0.05, 0.1) is 11.6 Å². The first-order valence-corrected chi connectivity index (χ1v) is 7.59. The fourth-order valence-corrected chi connectivity index (χ4v) is 2.62. The number of likely N-dealkylation sites (N-methyl/N-ethyl adjacent to an activating group) is 1. The third-order valence-corrected chi connectivity index (χ3v) is 3.80. The van der Waals surface area contributed by atoms with E-state index in [1.54, 1.807) is 11.0 Å². The number of rotatable bonds is 4. The van der Waals surface area contributed by atoms with Gasteiger partial charge in [0.15, 0.2) is 0 Å². The van der Waals surface area contributed by atoms with Crippen LogP contribution in [-0.4, -0.2) is 60.0 Å². The highest BCUT2D eigenvalue weighted by atomic mass is 16.5. The molecule has 0 aromatic carbocycles. The number of amides is 2. The van der Waals surface area contributed by atoms with Crippen LogP contribution >= 0.6 is 0 Å². The Labute approximate surface area is 130 Å². The van der Waals surface area contributed by atoms with Gasteiger partial charge in [0.2, 0.25) is 11.7 Å². The lowest BCUT2D eigenvalue weighted by molar-refractivity contribution is -0.122. The summed E-state index contributed by atoms with van der Waals surface area (Å²) in [5.41, 5.74) is 6.19. The van der Waals surface area contributed by atoms with Crippen molar-refractivity contribution in [3.05, 3.63) is 17.5 Å². The van der Waals surface area contributed by atoms with E-state index in [4.69, 9.17) is 10.3 Å². The van der Waals surface area contributed by atoms with Gasteiger partial charge < -0.3 is 20.1 Å². The zero-order chi connectivity index (χ0) is 16.3. The van der Waals surface area contributed by atoms with Gasteiger partial charge in [-0.2, -0.15) is 0 Å². The molecule has 7 heteroatoms. The number of aromatic nitrogens is 1. The number of hydrogen-bond donors (Lipinski definition) is 1. The van der Waals surface area contributed by atoms with Crippen molar-refractivity contribution < 1.29 is 14.1 Å². The topological polar surface area (TPSA) is 92.7 Å². The molecule has 122 valence electrons. The van der Waals surface area contributed by atoms with E-state index in [1.807, 2.05) is 11.9 Å². The third kappa shape index (κ3) is 4.07. The largest absolute Gasteiger partial charge is 0.369 e. The molecule has 7 nitrogen and oxygen atoms in total. The molecule has 2 amide bonds. The van der Waals surface area contributed by atoms with Gasteiger partial charge in [0.1, 0.15) is 0 Å². The summed E-state index contributed by atoms with van der Waals surface area (Å²) in [5, 5.41) is 3.94. The van der Waals surface area contributed by atoms with Crippen LogP contribution in [0.1, 0.15) is 30.1 Å². The molecule has 1 aromatic rings. The first-order valence-electron chi connectivity index (χ1n) is 7.59. The molecule has 1 saturated heterocycles. The Morgan fingerprint density at radius 1 is 1.41 bits per heavy atom. The molecule has 0 aliphatic carbocycles. The van der Waals surface area contributed by atoms with Crippen LogP contribution in [0.5, 0.6) is 0 Å². The highest BCUT2D eigenvalue weighted by Crippen LogP contribution is 2.15. The summed E-state index contributed by atoms with van der Waals surface area (Å²) in [6.07, 6.45) is 0.767. The first-order chi connectivity index (χ1) is 10.4. The van der Waals surface area contributed by atoms with E-state index < -0.39 is 0 Å². The van der Waals surface area contributed by atoms with Crippen LogP contribution in [0.4, 0.5) is 0 Å². The van der Waals surface area contributed by atoms with E-state index in [2.05, 4.69) is 19.0 Å². The molecule has 2 heterocycles. The van der Waals surface area contributed by atoms with E-state index in [1.165, 1.54) is 0 Å². The minimum atomic E-state index is -0.385. The number of nitrogens with zero attached hydrogens (tertiary/aromatic N) is 3. The van der Waals surface area contributed by atoms with Gasteiger partial charge in [0, 0.05) is 32.2 Å². The average Bonchev–Trinajstić information content (AvgIpc) is 2.79. The maximum absolute atomic E-state index is 12.5. The summed E-state index contributed by atoms with van der Waals surface area (Å²) in [5.74, 6) is -0.314. The van der Waals surface area contributed by atoms with Crippen LogP contribution in [0.3, 0.4) is 0 Å². The lowest BCUT2D eigenvalue weighted by Gasteiger charge is -2.21. The number of hydrogen-bond acceptors (Lipinski definition) is 5.